The minimum absolute atomic E-state index is 0.00908. The third-order valence-electron chi connectivity index (χ3n) is 4.78. The van der Waals surface area contributed by atoms with E-state index >= 15 is 0 Å². The van der Waals surface area contributed by atoms with Crippen LogP contribution in [0.15, 0.2) is 24.3 Å². The average molecular weight is 482 g/mol. The number of phenolic OH excluding ortho intramolecular Hbond substituents is 1. The molecule has 0 aliphatic heterocycles. The Morgan fingerprint density at radius 2 is 1.44 bits per heavy atom. The number of aliphatic hydroxyl groups is 1. The summed E-state index contributed by atoms with van der Waals surface area (Å²) < 4.78 is 0. The van der Waals surface area contributed by atoms with Crippen LogP contribution in [0.3, 0.4) is 0 Å². The van der Waals surface area contributed by atoms with Crippen LogP contribution < -0.4 is 21.7 Å². The van der Waals surface area contributed by atoms with Gasteiger partial charge >= 0.3 is 11.9 Å². The first-order chi connectivity index (χ1) is 15.8. The zero-order valence-corrected chi connectivity index (χ0v) is 18.7. The third-order valence-corrected chi connectivity index (χ3v) is 4.78. The molecule has 34 heavy (non-hydrogen) atoms. The Bertz CT molecular complexity index is 889. The van der Waals surface area contributed by atoms with Gasteiger partial charge in [0.1, 0.15) is 29.9 Å². The summed E-state index contributed by atoms with van der Waals surface area (Å²) in [5.41, 5.74) is 5.90. The van der Waals surface area contributed by atoms with E-state index in [1.165, 1.54) is 24.3 Å². The van der Waals surface area contributed by atoms with E-state index in [0.717, 1.165) is 0 Å². The lowest BCUT2D eigenvalue weighted by Gasteiger charge is -2.26. The number of aromatic hydroxyl groups is 1. The number of rotatable bonds is 13. The second-order valence-corrected chi connectivity index (χ2v) is 7.95. The van der Waals surface area contributed by atoms with Crippen LogP contribution >= 0.6 is 0 Å². The van der Waals surface area contributed by atoms with Gasteiger partial charge in [0.15, 0.2) is 0 Å². The van der Waals surface area contributed by atoms with Gasteiger partial charge in [0.25, 0.3) is 0 Å². The number of aliphatic hydroxyl groups excluding tert-OH is 1. The summed E-state index contributed by atoms with van der Waals surface area (Å²) in [6, 6.07) is 0.138. The molecule has 188 valence electrons. The number of hydrogen-bond acceptors (Lipinski definition) is 8. The first-order valence-electron chi connectivity index (χ1n) is 10.4. The predicted octanol–water partition coefficient (Wildman–Crippen LogP) is -2.08. The summed E-state index contributed by atoms with van der Waals surface area (Å²) in [4.78, 5) is 60.2. The van der Waals surface area contributed by atoms with E-state index in [2.05, 4.69) is 16.0 Å². The van der Waals surface area contributed by atoms with Gasteiger partial charge in [0.2, 0.25) is 17.7 Å². The zero-order valence-electron chi connectivity index (χ0n) is 18.7. The smallest absolute Gasteiger partial charge is 0.326 e. The van der Waals surface area contributed by atoms with E-state index < -0.39 is 72.8 Å². The first kappa shape index (κ1) is 28.3. The molecule has 0 aromatic heterocycles. The molecule has 4 atom stereocenters. The van der Waals surface area contributed by atoms with Crippen LogP contribution in [0.2, 0.25) is 0 Å². The van der Waals surface area contributed by atoms with Crippen LogP contribution in [0, 0.1) is 5.92 Å². The topological polar surface area (TPSA) is 228 Å². The van der Waals surface area contributed by atoms with E-state index in [1.807, 2.05) is 0 Å². The predicted molar refractivity (Wildman–Crippen MR) is 117 cm³/mol. The monoisotopic (exact) mass is 482 g/mol. The summed E-state index contributed by atoms with van der Waals surface area (Å²) in [5, 5.41) is 43.7. The number of hydrogen-bond donors (Lipinski definition) is 8. The number of benzene rings is 1. The minimum Gasteiger partial charge on any atom is -0.508 e. The molecule has 0 saturated carbocycles. The van der Waals surface area contributed by atoms with Crippen molar-refractivity contribution < 1.29 is 44.4 Å². The Morgan fingerprint density at radius 1 is 0.882 bits per heavy atom. The van der Waals surface area contributed by atoms with Crippen molar-refractivity contribution in [2.45, 2.75) is 50.9 Å². The molecule has 0 fully saturated rings. The summed E-state index contributed by atoms with van der Waals surface area (Å²) in [6.07, 6.45) is -0.919. The number of nitrogens with two attached hydrogens (primary N) is 1. The Balaban J connectivity index is 2.97. The molecule has 0 heterocycles. The Morgan fingerprint density at radius 3 is 1.91 bits per heavy atom. The molecule has 1 aromatic carbocycles. The van der Waals surface area contributed by atoms with Crippen LogP contribution in [0.4, 0.5) is 0 Å². The maximum Gasteiger partial charge on any atom is 0.326 e. The van der Waals surface area contributed by atoms with Crippen LogP contribution in [0.5, 0.6) is 5.75 Å². The fraction of sp³-hybridized carbons (Fsp3) is 0.476. The molecule has 0 saturated heterocycles. The first-order valence-corrected chi connectivity index (χ1v) is 10.4. The van der Waals surface area contributed by atoms with Crippen molar-refractivity contribution in [1.29, 1.82) is 0 Å². The van der Waals surface area contributed by atoms with E-state index in [-0.39, 0.29) is 12.2 Å². The third kappa shape index (κ3) is 9.03. The second-order valence-electron chi connectivity index (χ2n) is 7.95. The highest BCUT2D eigenvalue weighted by molar-refractivity contribution is 5.95. The minimum atomic E-state index is -1.59. The number of carboxylic acid groups (broad SMARTS) is 2. The molecule has 9 N–H and O–H groups in total. The SMILES string of the molecule is CC(C)C(NC(=O)C(CC(=O)O)NC(=O)C(N)CO)C(=O)NC(Cc1ccc(O)cc1)C(=O)O. The van der Waals surface area contributed by atoms with Crippen LogP contribution in [-0.2, 0) is 30.4 Å². The summed E-state index contributed by atoms with van der Waals surface area (Å²) in [5.74, 6) is -6.08. The summed E-state index contributed by atoms with van der Waals surface area (Å²) in [7, 11) is 0. The van der Waals surface area contributed by atoms with Crippen LogP contribution in [-0.4, -0.2) is 80.9 Å². The van der Waals surface area contributed by atoms with Gasteiger partial charge in [-0.1, -0.05) is 26.0 Å². The number of carbonyl (C=O) groups excluding carboxylic acids is 3. The standard InChI is InChI=1S/C21H30N4O9/c1-10(2)17(25-19(31)14(8-16(28)29)23-18(30)13(22)9-26)20(32)24-15(21(33)34)7-11-3-5-12(27)6-4-11/h3-6,10,13-15,17,26-27H,7-9,22H2,1-2H3,(H,23,30)(H,24,32)(H,25,31)(H,28,29)(H,33,34). The highest BCUT2D eigenvalue weighted by Crippen LogP contribution is 2.12. The Labute approximate surface area is 195 Å². The van der Waals surface area contributed by atoms with Gasteiger partial charge < -0.3 is 42.1 Å². The molecular weight excluding hydrogens is 452 g/mol. The molecule has 4 unspecified atom stereocenters. The van der Waals surface area contributed by atoms with Crippen molar-refractivity contribution in [2.75, 3.05) is 6.61 Å². The van der Waals surface area contributed by atoms with Crippen molar-refractivity contribution in [3.8, 4) is 5.75 Å². The van der Waals surface area contributed by atoms with Crippen molar-refractivity contribution in [3.63, 3.8) is 0 Å². The molecule has 0 spiro atoms. The average Bonchev–Trinajstić information content (AvgIpc) is 2.76. The van der Waals surface area contributed by atoms with Gasteiger partial charge in [0.05, 0.1) is 13.0 Å². The van der Waals surface area contributed by atoms with Gasteiger partial charge in [-0.05, 0) is 23.6 Å². The zero-order chi connectivity index (χ0) is 26.0. The lowest BCUT2D eigenvalue weighted by atomic mass is 10.0. The summed E-state index contributed by atoms with van der Waals surface area (Å²) >= 11 is 0. The molecule has 13 heteroatoms. The molecule has 0 radical (unpaired) electrons. The molecule has 0 aliphatic carbocycles. The maximum atomic E-state index is 12.8. The van der Waals surface area contributed by atoms with Gasteiger partial charge in [-0.15, -0.1) is 0 Å². The van der Waals surface area contributed by atoms with Gasteiger partial charge in [-0.2, -0.15) is 0 Å². The molecule has 3 amide bonds. The fourth-order valence-corrected chi connectivity index (χ4v) is 2.86. The molecule has 13 nitrogen and oxygen atoms in total. The molecule has 1 rings (SSSR count). The molecular formula is C21H30N4O9. The summed E-state index contributed by atoms with van der Waals surface area (Å²) in [6.45, 7) is 2.42. The lowest BCUT2D eigenvalue weighted by molar-refractivity contribution is -0.143. The number of phenols is 1. The van der Waals surface area contributed by atoms with Crippen LogP contribution in [0.25, 0.3) is 0 Å². The second kappa shape index (κ2) is 13.1. The van der Waals surface area contributed by atoms with E-state index in [9.17, 15) is 34.2 Å². The molecule has 1 aromatic rings. The quantitative estimate of drug-likeness (QED) is 0.153. The van der Waals surface area contributed by atoms with Gasteiger partial charge in [0, 0.05) is 6.42 Å². The number of aliphatic carboxylic acids is 2. The largest absolute Gasteiger partial charge is 0.508 e. The Hall–Kier alpha value is -3.71. The van der Waals surface area contributed by atoms with Crippen molar-refractivity contribution >= 4 is 29.7 Å². The normalized spacial score (nSPS) is 14.4. The van der Waals surface area contributed by atoms with Crippen molar-refractivity contribution in [3.05, 3.63) is 29.8 Å². The van der Waals surface area contributed by atoms with Gasteiger partial charge in [-0.25, -0.2) is 4.79 Å². The fourth-order valence-electron chi connectivity index (χ4n) is 2.86. The maximum absolute atomic E-state index is 12.8. The van der Waals surface area contributed by atoms with E-state index in [1.54, 1.807) is 13.8 Å². The number of carbonyl (C=O) groups is 5. The van der Waals surface area contributed by atoms with Crippen molar-refractivity contribution in [2.24, 2.45) is 11.7 Å². The van der Waals surface area contributed by atoms with Gasteiger partial charge in [-0.3, -0.25) is 19.2 Å². The van der Waals surface area contributed by atoms with Crippen LogP contribution in [0.1, 0.15) is 25.8 Å². The Kier molecular flexibility index (Phi) is 10.9. The van der Waals surface area contributed by atoms with E-state index in [4.69, 9.17) is 15.9 Å². The number of carboxylic acids is 2. The highest BCUT2D eigenvalue weighted by atomic mass is 16.4. The number of amides is 3. The molecule has 0 bridgehead atoms. The van der Waals surface area contributed by atoms with E-state index in [0.29, 0.717) is 5.56 Å². The molecule has 0 aliphatic rings. The lowest BCUT2D eigenvalue weighted by Crippen LogP contribution is -2.59. The highest BCUT2D eigenvalue weighted by Gasteiger charge is 2.32. The van der Waals surface area contributed by atoms with Crippen molar-refractivity contribution in [1.82, 2.24) is 16.0 Å². The number of nitrogens with one attached hydrogen (secondary N) is 3.